The molecular weight excluding hydrogens is 408 g/mol. The number of carbonyl (C=O) groups is 2. The number of ether oxygens (including phenoxy) is 2. The second-order valence-corrected chi connectivity index (χ2v) is 10.6. The van der Waals surface area contributed by atoms with Crippen LogP contribution in [-0.2, 0) is 19.1 Å². The fourth-order valence-corrected chi connectivity index (χ4v) is 8.19. The Labute approximate surface area is 179 Å². The molecule has 0 amide bonds. The molecule has 4 saturated carbocycles. The summed E-state index contributed by atoms with van der Waals surface area (Å²) in [4.78, 5) is 25.0. The molecule has 0 aromatic carbocycles. The third-order valence-corrected chi connectivity index (χ3v) is 9.31. The summed E-state index contributed by atoms with van der Waals surface area (Å²) >= 11 is 0. The maximum absolute atomic E-state index is 13.5. The Hall–Kier alpha value is -1.36. The Balaban J connectivity index is 1.75. The van der Waals surface area contributed by atoms with Crippen molar-refractivity contribution in [2.75, 3.05) is 13.2 Å². The predicted molar refractivity (Wildman–Crippen MR) is 103 cm³/mol. The average molecular weight is 438 g/mol. The first-order valence-corrected chi connectivity index (χ1v) is 10.8. The molecule has 9 nitrogen and oxygen atoms in total. The Morgan fingerprint density at radius 1 is 1.23 bits per heavy atom. The van der Waals surface area contributed by atoms with Gasteiger partial charge >= 0.3 is 5.97 Å². The van der Waals surface area contributed by atoms with E-state index in [0.29, 0.717) is 6.42 Å². The Morgan fingerprint density at radius 2 is 1.90 bits per heavy atom. The zero-order chi connectivity index (χ0) is 22.7. The Bertz CT molecular complexity index is 873. The lowest BCUT2D eigenvalue weighted by atomic mass is 9.35. The molecule has 11 atom stereocenters. The van der Waals surface area contributed by atoms with Crippen molar-refractivity contribution in [1.82, 2.24) is 0 Å². The van der Waals surface area contributed by atoms with Gasteiger partial charge in [0.05, 0.1) is 31.5 Å². The first-order chi connectivity index (χ1) is 14.4. The molecule has 31 heavy (non-hydrogen) atoms. The highest BCUT2D eigenvalue weighted by molar-refractivity contribution is 6.05. The van der Waals surface area contributed by atoms with E-state index in [-0.39, 0.29) is 31.6 Å². The van der Waals surface area contributed by atoms with Crippen molar-refractivity contribution in [2.45, 2.75) is 63.3 Å². The van der Waals surface area contributed by atoms with Gasteiger partial charge in [-0.05, 0) is 24.8 Å². The zero-order valence-corrected chi connectivity index (χ0v) is 17.7. The standard InChI is InChI=1S/C22H30O9/c1-9-11-6-12(24)14-20-8-31-22(29,21(14,16(9)26)17(11)27)18(28)15(20)19(3,5-4-13(20)25)7-30-10(2)23/h11-15,17-18,24-25,27-29H,1,4-8H2,2-3H3/t11-,12-,13+,14-,15+,17+,18-,19-,20-,21-,22-/m0/s1. The third kappa shape index (κ3) is 2.09. The quantitative estimate of drug-likeness (QED) is 0.267. The van der Waals surface area contributed by atoms with E-state index >= 15 is 0 Å². The van der Waals surface area contributed by atoms with E-state index in [1.807, 2.05) is 0 Å². The first kappa shape index (κ1) is 21.5. The highest BCUT2D eigenvalue weighted by Gasteiger charge is 2.88. The molecule has 6 aliphatic rings. The average Bonchev–Trinajstić information content (AvgIpc) is 2.82. The summed E-state index contributed by atoms with van der Waals surface area (Å²) in [5.41, 5.74) is -4.12. The van der Waals surface area contributed by atoms with Crippen molar-refractivity contribution in [1.29, 1.82) is 0 Å². The van der Waals surface area contributed by atoms with Gasteiger partial charge in [0.25, 0.3) is 0 Å². The number of carbonyl (C=O) groups excluding carboxylic acids is 2. The number of hydrogen-bond donors (Lipinski definition) is 5. The molecule has 6 rings (SSSR count). The highest BCUT2D eigenvalue weighted by atomic mass is 16.6. The van der Waals surface area contributed by atoms with Gasteiger partial charge in [-0.25, -0.2) is 0 Å². The maximum Gasteiger partial charge on any atom is 0.302 e. The number of fused-ring (bicyclic) bond motifs is 2. The number of hydrogen-bond acceptors (Lipinski definition) is 9. The van der Waals surface area contributed by atoms with Gasteiger partial charge < -0.3 is 35.0 Å². The van der Waals surface area contributed by atoms with Crippen LogP contribution in [0.1, 0.15) is 33.1 Å². The highest BCUT2D eigenvalue weighted by Crippen LogP contribution is 2.76. The molecule has 4 aliphatic carbocycles. The second-order valence-electron chi connectivity index (χ2n) is 10.6. The van der Waals surface area contributed by atoms with Gasteiger partial charge in [0.2, 0.25) is 5.79 Å². The second kappa shape index (κ2) is 6.15. The van der Waals surface area contributed by atoms with E-state index in [1.54, 1.807) is 6.92 Å². The summed E-state index contributed by atoms with van der Waals surface area (Å²) in [5, 5.41) is 57.1. The van der Waals surface area contributed by atoms with E-state index in [4.69, 9.17) is 9.47 Å². The molecule has 6 fully saturated rings. The van der Waals surface area contributed by atoms with Gasteiger partial charge in [0.1, 0.15) is 11.5 Å². The zero-order valence-electron chi connectivity index (χ0n) is 17.7. The molecule has 2 aliphatic heterocycles. The van der Waals surface area contributed by atoms with E-state index in [0.717, 1.165) is 0 Å². The van der Waals surface area contributed by atoms with Crippen LogP contribution >= 0.6 is 0 Å². The van der Waals surface area contributed by atoms with Crippen molar-refractivity contribution in [3.8, 4) is 0 Å². The molecule has 172 valence electrons. The van der Waals surface area contributed by atoms with Crippen LogP contribution in [0.5, 0.6) is 0 Å². The van der Waals surface area contributed by atoms with Crippen LogP contribution in [0, 0.1) is 34.0 Å². The summed E-state index contributed by atoms with van der Waals surface area (Å²) in [6, 6.07) is 0. The van der Waals surface area contributed by atoms with Gasteiger partial charge in [0, 0.05) is 35.5 Å². The SMILES string of the molecule is C=C1C(=O)[C@]23[C@H](O)[C@H]1C[C@H](O)[C@H]2[C@@]12CO[C@@]3(O)[C@@H](O)[C@@H]1[C@](C)(COC(C)=O)CC[C@H]2O. The van der Waals surface area contributed by atoms with E-state index in [2.05, 4.69) is 6.58 Å². The van der Waals surface area contributed by atoms with Crippen molar-refractivity contribution < 1.29 is 44.6 Å². The summed E-state index contributed by atoms with van der Waals surface area (Å²) in [6.45, 7) is 6.61. The number of ketones is 1. The molecule has 9 heteroatoms. The summed E-state index contributed by atoms with van der Waals surface area (Å²) < 4.78 is 11.0. The molecule has 4 bridgehead atoms. The Morgan fingerprint density at radius 3 is 2.55 bits per heavy atom. The lowest BCUT2D eigenvalue weighted by Crippen LogP contribution is -2.87. The van der Waals surface area contributed by atoms with Gasteiger partial charge in [-0.3, -0.25) is 9.59 Å². The molecule has 0 radical (unpaired) electrons. The fraction of sp³-hybridized carbons (Fsp3) is 0.818. The molecule has 2 spiro atoms. The van der Waals surface area contributed by atoms with Crippen molar-refractivity contribution in [3.63, 3.8) is 0 Å². The van der Waals surface area contributed by atoms with Crippen molar-refractivity contribution >= 4 is 11.8 Å². The minimum atomic E-state index is -2.48. The van der Waals surface area contributed by atoms with Gasteiger partial charge in [-0.1, -0.05) is 13.5 Å². The lowest BCUT2D eigenvalue weighted by molar-refractivity contribution is -0.467. The van der Waals surface area contributed by atoms with Crippen LogP contribution < -0.4 is 0 Å². The number of Topliss-reactive ketones (excluding diaryl/α,β-unsaturated/α-hetero) is 1. The van der Waals surface area contributed by atoms with Gasteiger partial charge in [-0.15, -0.1) is 0 Å². The van der Waals surface area contributed by atoms with Crippen LogP contribution in [0.15, 0.2) is 12.2 Å². The molecule has 0 aromatic heterocycles. The number of rotatable bonds is 2. The Kier molecular flexibility index (Phi) is 4.26. The smallest absolute Gasteiger partial charge is 0.302 e. The van der Waals surface area contributed by atoms with E-state index in [1.165, 1.54) is 6.92 Å². The van der Waals surface area contributed by atoms with Gasteiger partial charge in [0.15, 0.2) is 5.78 Å². The molecule has 0 aromatic rings. The van der Waals surface area contributed by atoms with Crippen LogP contribution in [-0.4, -0.2) is 80.7 Å². The minimum absolute atomic E-state index is 0.0593. The molecule has 2 saturated heterocycles. The fourth-order valence-electron chi connectivity index (χ4n) is 8.19. The topological polar surface area (TPSA) is 154 Å². The lowest BCUT2D eigenvalue weighted by Gasteiger charge is -2.75. The van der Waals surface area contributed by atoms with Crippen molar-refractivity contribution in [2.24, 2.45) is 34.0 Å². The monoisotopic (exact) mass is 438 g/mol. The number of aliphatic hydroxyl groups is 5. The number of aliphatic hydroxyl groups excluding tert-OH is 4. The molecular formula is C22H30O9. The van der Waals surface area contributed by atoms with Gasteiger partial charge in [-0.2, -0.15) is 0 Å². The number of esters is 1. The summed E-state index contributed by atoms with van der Waals surface area (Å²) in [5.74, 6) is -6.28. The van der Waals surface area contributed by atoms with Crippen LogP contribution in [0.25, 0.3) is 0 Å². The van der Waals surface area contributed by atoms with Crippen molar-refractivity contribution in [3.05, 3.63) is 12.2 Å². The predicted octanol–water partition coefficient (Wildman–Crippen LogP) is -1.11. The maximum atomic E-state index is 13.5. The minimum Gasteiger partial charge on any atom is -0.465 e. The third-order valence-electron chi connectivity index (χ3n) is 9.31. The normalized spacial score (nSPS) is 57.5. The summed E-state index contributed by atoms with van der Waals surface area (Å²) in [6.07, 6.45) is -4.56. The van der Waals surface area contributed by atoms with E-state index < -0.39 is 76.0 Å². The summed E-state index contributed by atoms with van der Waals surface area (Å²) in [7, 11) is 0. The van der Waals surface area contributed by atoms with Crippen LogP contribution in [0.4, 0.5) is 0 Å². The largest absolute Gasteiger partial charge is 0.465 e. The van der Waals surface area contributed by atoms with Crippen LogP contribution in [0.2, 0.25) is 0 Å². The van der Waals surface area contributed by atoms with E-state index in [9.17, 15) is 35.1 Å². The first-order valence-electron chi connectivity index (χ1n) is 10.8. The molecule has 5 N–H and O–H groups in total. The molecule has 0 unspecified atom stereocenters. The molecule has 2 heterocycles. The van der Waals surface area contributed by atoms with Crippen LogP contribution in [0.3, 0.4) is 0 Å².